The summed E-state index contributed by atoms with van der Waals surface area (Å²) in [6, 6.07) is 6.06. The van der Waals surface area contributed by atoms with E-state index in [4.69, 9.17) is 17.3 Å². The third-order valence-corrected chi connectivity index (χ3v) is 4.97. The number of nitrogens with one attached hydrogen (secondary N) is 4. The van der Waals surface area contributed by atoms with Crippen LogP contribution in [0, 0.1) is 5.92 Å². The van der Waals surface area contributed by atoms with Gasteiger partial charge in [0.2, 0.25) is 11.8 Å². The first-order valence-electron chi connectivity index (χ1n) is 9.19. The van der Waals surface area contributed by atoms with Gasteiger partial charge in [-0.05, 0) is 24.5 Å². The molecule has 29 heavy (non-hydrogen) atoms. The molecule has 1 aromatic carbocycles. The maximum absolute atomic E-state index is 12.7. The molecule has 10 heteroatoms. The lowest BCUT2D eigenvalue weighted by molar-refractivity contribution is -0.131. The molecule has 1 heterocycles. The van der Waals surface area contributed by atoms with E-state index in [9.17, 15) is 19.2 Å². The van der Waals surface area contributed by atoms with Crippen LogP contribution >= 0.6 is 11.6 Å². The molecule has 6 N–H and O–H groups in total. The molecule has 1 unspecified atom stereocenters. The van der Waals surface area contributed by atoms with Crippen molar-refractivity contribution in [2.45, 2.75) is 38.4 Å². The summed E-state index contributed by atoms with van der Waals surface area (Å²) in [5.74, 6) is -2.19. The quantitative estimate of drug-likeness (QED) is 0.402. The van der Waals surface area contributed by atoms with Crippen LogP contribution in [0.2, 0.25) is 5.02 Å². The molecule has 0 bridgehead atoms. The Balaban J connectivity index is 1.74. The van der Waals surface area contributed by atoms with Crippen LogP contribution in [0.4, 0.5) is 0 Å². The number of aromatic nitrogens is 1. The highest BCUT2D eigenvalue weighted by atomic mass is 35.5. The standard InChI is InChI=1S/C19H22ClN5O4/c1-9(26)22-17(16(21)27)25-19(29)13(7-10-5-6-10)24-18(28)14-8-11-3-2-4-12(20)15(11)23-14/h2-4,8,10,13,17,23H,5-7H2,1H3,(H2,21,27)(H,22,26)(H,24,28)(H,25,29)/t13-,17?/m0/s1. The molecule has 1 fully saturated rings. The number of primary amides is 1. The Morgan fingerprint density at radius 1 is 1.21 bits per heavy atom. The van der Waals surface area contributed by atoms with Crippen LogP contribution in [-0.2, 0) is 14.4 Å². The van der Waals surface area contributed by atoms with Crippen LogP contribution in [0.5, 0.6) is 0 Å². The molecule has 2 atom stereocenters. The lowest BCUT2D eigenvalue weighted by Crippen LogP contribution is -2.59. The number of aromatic amines is 1. The van der Waals surface area contributed by atoms with Crippen molar-refractivity contribution in [3.63, 3.8) is 0 Å². The van der Waals surface area contributed by atoms with Gasteiger partial charge in [-0.15, -0.1) is 0 Å². The second-order valence-corrected chi connectivity index (χ2v) is 7.54. The number of carbonyl (C=O) groups excluding carboxylic acids is 4. The van der Waals surface area contributed by atoms with Gasteiger partial charge in [-0.1, -0.05) is 36.6 Å². The third-order valence-electron chi connectivity index (χ3n) is 4.66. The molecule has 1 aliphatic rings. The van der Waals surface area contributed by atoms with E-state index in [0.29, 0.717) is 22.9 Å². The number of carbonyl (C=O) groups is 4. The van der Waals surface area contributed by atoms with Crippen LogP contribution in [0.15, 0.2) is 24.3 Å². The normalized spacial score (nSPS) is 15.4. The molecule has 154 valence electrons. The average molecular weight is 420 g/mol. The highest BCUT2D eigenvalue weighted by Gasteiger charge is 2.32. The summed E-state index contributed by atoms with van der Waals surface area (Å²) >= 11 is 6.13. The van der Waals surface area contributed by atoms with Gasteiger partial charge in [0.15, 0.2) is 6.17 Å². The van der Waals surface area contributed by atoms with Gasteiger partial charge in [-0.3, -0.25) is 19.2 Å². The van der Waals surface area contributed by atoms with Crippen molar-refractivity contribution in [2.75, 3.05) is 0 Å². The zero-order valence-corrected chi connectivity index (χ0v) is 16.5. The molecule has 0 spiro atoms. The van der Waals surface area contributed by atoms with E-state index in [2.05, 4.69) is 20.9 Å². The first-order chi connectivity index (χ1) is 13.7. The van der Waals surface area contributed by atoms with Crippen molar-refractivity contribution in [3.05, 3.63) is 35.0 Å². The number of hydrogen-bond acceptors (Lipinski definition) is 4. The van der Waals surface area contributed by atoms with Gasteiger partial charge in [0.05, 0.1) is 10.5 Å². The van der Waals surface area contributed by atoms with Crippen molar-refractivity contribution >= 4 is 46.1 Å². The first-order valence-corrected chi connectivity index (χ1v) is 9.57. The number of amides is 4. The molecule has 9 nitrogen and oxygen atoms in total. The van der Waals surface area contributed by atoms with Gasteiger partial charge in [-0.25, -0.2) is 0 Å². The second kappa shape index (κ2) is 8.52. The average Bonchev–Trinajstić information content (AvgIpc) is 3.35. The van der Waals surface area contributed by atoms with Crippen LogP contribution in [0.3, 0.4) is 0 Å². The highest BCUT2D eigenvalue weighted by molar-refractivity contribution is 6.35. The van der Waals surface area contributed by atoms with E-state index >= 15 is 0 Å². The molecule has 1 aromatic heterocycles. The maximum Gasteiger partial charge on any atom is 0.268 e. The second-order valence-electron chi connectivity index (χ2n) is 7.14. The van der Waals surface area contributed by atoms with Crippen LogP contribution in [0.1, 0.15) is 36.7 Å². The number of fused-ring (bicyclic) bond motifs is 1. The van der Waals surface area contributed by atoms with Gasteiger partial charge < -0.3 is 26.7 Å². The van der Waals surface area contributed by atoms with Crippen molar-refractivity contribution in [3.8, 4) is 0 Å². The molecule has 0 radical (unpaired) electrons. The van der Waals surface area contributed by atoms with Crippen molar-refractivity contribution < 1.29 is 19.2 Å². The maximum atomic E-state index is 12.7. The number of benzene rings is 1. The van der Waals surface area contributed by atoms with Crippen LogP contribution < -0.4 is 21.7 Å². The van der Waals surface area contributed by atoms with Crippen LogP contribution in [-0.4, -0.2) is 40.8 Å². The summed E-state index contributed by atoms with van der Waals surface area (Å²) in [5.41, 5.74) is 6.11. The number of halogens is 1. The van der Waals surface area contributed by atoms with E-state index in [1.165, 1.54) is 6.92 Å². The first kappa shape index (κ1) is 20.7. The Morgan fingerprint density at radius 2 is 1.93 bits per heavy atom. The molecule has 3 rings (SSSR count). The van der Waals surface area contributed by atoms with Crippen LogP contribution in [0.25, 0.3) is 10.9 Å². The SMILES string of the molecule is CC(=O)NC(NC(=O)[C@H](CC1CC1)NC(=O)c1cc2cccc(Cl)c2[nH]1)C(N)=O. The van der Waals surface area contributed by atoms with E-state index in [1.54, 1.807) is 18.2 Å². The largest absolute Gasteiger partial charge is 0.366 e. The summed E-state index contributed by atoms with van der Waals surface area (Å²) in [7, 11) is 0. The van der Waals surface area contributed by atoms with E-state index in [1.807, 2.05) is 6.07 Å². The molecule has 0 saturated heterocycles. The molecular formula is C19H22ClN5O4. The highest BCUT2D eigenvalue weighted by Crippen LogP contribution is 2.33. The lowest BCUT2D eigenvalue weighted by Gasteiger charge is -2.22. The Bertz CT molecular complexity index is 969. The Kier molecular flexibility index (Phi) is 6.07. The van der Waals surface area contributed by atoms with Gasteiger partial charge in [0, 0.05) is 12.3 Å². The minimum Gasteiger partial charge on any atom is -0.366 e. The fraction of sp³-hybridized carbons (Fsp3) is 0.368. The summed E-state index contributed by atoms with van der Waals surface area (Å²) in [4.78, 5) is 51.1. The van der Waals surface area contributed by atoms with E-state index in [0.717, 1.165) is 18.2 Å². The minimum absolute atomic E-state index is 0.259. The summed E-state index contributed by atoms with van der Waals surface area (Å²) in [5, 5.41) is 8.59. The smallest absolute Gasteiger partial charge is 0.268 e. The van der Waals surface area contributed by atoms with Gasteiger partial charge in [0.1, 0.15) is 11.7 Å². The van der Waals surface area contributed by atoms with Gasteiger partial charge in [-0.2, -0.15) is 0 Å². The van der Waals surface area contributed by atoms with E-state index in [-0.39, 0.29) is 5.69 Å². The predicted molar refractivity (Wildman–Crippen MR) is 107 cm³/mol. The fourth-order valence-corrected chi connectivity index (χ4v) is 3.25. The summed E-state index contributed by atoms with van der Waals surface area (Å²) < 4.78 is 0. The number of H-pyrrole nitrogens is 1. The number of para-hydroxylation sites is 1. The third kappa shape index (κ3) is 5.26. The monoisotopic (exact) mass is 419 g/mol. The molecule has 2 aromatic rings. The Morgan fingerprint density at radius 3 is 2.52 bits per heavy atom. The zero-order chi connectivity index (χ0) is 21.1. The zero-order valence-electron chi connectivity index (χ0n) is 15.8. The number of hydrogen-bond donors (Lipinski definition) is 5. The minimum atomic E-state index is -1.36. The fourth-order valence-electron chi connectivity index (χ4n) is 3.02. The molecule has 4 amide bonds. The number of nitrogens with two attached hydrogens (primary N) is 1. The van der Waals surface area contributed by atoms with Gasteiger partial charge in [0.25, 0.3) is 11.8 Å². The van der Waals surface area contributed by atoms with E-state index < -0.39 is 35.8 Å². The van der Waals surface area contributed by atoms with Crippen molar-refractivity contribution in [2.24, 2.45) is 11.7 Å². The Labute approximate surface area is 171 Å². The Hall–Kier alpha value is -3.07. The lowest BCUT2D eigenvalue weighted by atomic mass is 10.1. The molecule has 1 aliphatic carbocycles. The van der Waals surface area contributed by atoms with Gasteiger partial charge >= 0.3 is 0 Å². The molecule has 0 aliphatic heterocycles. The van der Waals surface area contributed by atoms with Crippen molar-refractivity contribution in [1.82, 2.24) is 20.9 Å². The summed E-state index contributed by atoms with van der Waals surface area (Å²) in [6.07, 6.45) is 0.994. The topological polar surface area (TPSA) is 146 Å². The summed E-state index contributed by atoms with van der Waals surface area (Å²) in [6.45, 7) is 1.20. The molecule has 1 saturated carbocycles. The number of rotatable bonds is 8. The predicted octanol–water partition coefficient (Wildman–Crippen LogP) is 0.784. The molecular weight excluding hydrogens is 398 g/mol. The van der Waals surface area contributed by atoms with Crippen molar-refractivity contribution in [1.29, 1.82) is 0 Å².